The lowest BCUT2D eigenvalue weighted by atomic mass is 9.70. The van der Waals surface area contributed by atoms with Gasteiger partial charge in [0.1, 0.15) is 5.83 Å². The van der Waals surface area contributed by atoms with Gasteiger partial charge in [-0.15, -0.1) is 0 Å². The Labute approximate surface area is 169 Å². The van der Waals surface area contributed by atoms with E-state index in [1.54, 1.807) is 0 Å². The number of allylic oxidation sites excluding steroid dienone is 4. The van der Waals surface area contributed by atoms with Crippen LogP contribution in [-0.4, -0.2) is 0 Å². The van der Waals surface area contributed by atoms with Crippen molar-refractivity contribution in [3.63, 3.8) is 0 Å². The predicted molar refractivity (Wildman–Crippen MR) is 118 cm³/mol. The van der Waals surface area contributed by atoms with Gasteiger partial charge in [0.25, 0.3) is 0 Å². The van der Waals surface area contributed by atoms with Crippen LogP contribution in [0.4, 0.5) is 4.39 Å². The lowest BCUT2D eigenvalue weighted by Gasteiger charge is -2.35. The fourth-order valence-corrected chi connectivity index (χ4v) is 5.30. The molecule has 0 radical (unpaired) electrons. The molecule has 2 rings (SSSR count). The Bertz CT molecular complexity index is 459. The molecule has 1 fully saturated rings. The highest BCUT2D eigenvalue weighted by Crippen LogP contribution is 2.45. The first-order chi connectivity index (χ1) is 13.3. The minimum Gasteiger partial charge on any atom is -0.207 e. The molecule has 156 valence electrons. The molecule has 0 N–H and O–H groups in total. The van der Waals surface area contributed by atoms with Gasteiger partial charge in [0.2, 0.25) is 0 Å². The van der Waals surface area contributed by atoms with E-state index >= 15 is 4.39 Å². The molecule has 0 bridgehead atoms. The number of hydrogen-bond acceptors (Lipinski definition) is 0. The van der Waals surface area contributed by atoms with E-state index < -0.39 is 0 Å². The van der Waals surface area contributed by atoms with E-state index in [0.29, 0.717) is 11.8 Å². The van der Waals surface area contributed by atoms with Crippen molar-refractivity contribution >= 4 is 0 Å². The van der Waals surface area contributed by atoms with Crippen molar-refractivity contribution in [1.82, 2.24) is 0 Å². The van der Waals surface area contributed by atoms with Crippen LogP contribution in [0.25, 0.3) is 0 Å². The van der Waals surface area contributed by atoms with Crippen LogP contribution in [0, 0.1) is 11.8 Å². The molecule has 2 aliphatic rings. The molecule has 2 unspecified atom stereocenters. The molecule has 0 heterocycles. The Morgan fingerprint density at radius 1 is 0.704 bits per heavy atom. The molecular weight excluding hydrogens is 331 g/mol. The maximum absolute atomic E-state index is 15.1. The van der Waals surface area contributed by atoms with Crippen molar-refractivity contribution < 1.29 is 4.39 Å². The highest BCUT2D eigenvalue weighted by atomic mass is 19.1. The van der Waals surface area contributed by atoms with E-state index in [1.165, 1.54) is 114 Å². The highest BCUT2D eigenvalue weighted by Gasteiger charge is 2.32. The first-order valence-corrected chi connectivity index (χ1v) is 12.4. The van der Waals surface area contributed by atoms with Crippen molar-refractivity contribution in [2.45, 2.75) is 129 Å². The molecule has 0 aromatic carbocycles. The van der Waals surface area contributed by atoms with Crippen LogP contribution >= 0.6 is 0 Å². The Kier molecular flexibility index (Phi) is 11.4. The Morgan fingerprint density at radius 2 is 1.26 bits per heavy atom. The third-order valence-corrected chi connectivity index (χ3v) is 6.93. The van der Waals surface area contributed by atoms with Gasteiger partial charge >= 0.3 is 0 Å². The largest absolute Gasteiger partial charge is 0.207 e. The third-order valence-electron chi connectivity index (χ3n) is 6.93. The summed E-state index contributed by atoms with van der Waals surface area (Å²) in [5.41, 5.74) is 2.67. The van der Waals surface area contributed by atoms with Gasteiger partial charge in [-0.2, -0.15) is 0 Å². The maximum Gasteiger partial charge on any atom is 0.122 e. The van der Waals surface area contributed by atoms with Crippen LogP contribution in [-0.2, 0) is 0 Å². The molecular formula is C26H45F. The fourth-order valence-electron chi connectivity index (χ4n) is 5.30. The maximum atomic E-state index is 15.1. The van der Waals surface area contributed by atoms with Gasteiger partial charge in [-0.05, 0) is 62.0 Å². The van der Waals surface area contributed by atoms with E-state index in [1.807, 2.05) is 6.08 Å². The van der Waals surface area contributed by atoms with E-state index in [9.17, 15) is 0 Å². The van der Waals surface area contributed by atoms with Gasteiger partial charge in [0.15, 0.2) is 0 Å². The summed E-state index contributed by atoms with van der Waals surface area (Å²) in [6.45, 7) is 4.53. The molecule has 1 heteroatoms. The van der Waals surface area contributed by atoms with Crippen molar-refractivity contribution in [2.24, 2.45) is 11.8 Å². The van der Waals surface area contributed by atoms with E-state index in [4.69, 9.17) is 0 Å². The summed E-state index contributed by atoms with van der Waals surface area (Å²) < 4.78 is 15.1. The van der Waals surface area contributed by atoms with Crippen LogP contribution in [0.2, 0.25) is 0 Å². The van der Waals surface area contributed by atoms with E-state index in [2.05, 4.69) is 13.8 Å². The molecule has 0 aromatic heterocycles. The van der Waals surface area contributed by atoms with Crippen LogP contribution in [0.5, 0.6) is 0 Å². The quantitative estimate of drug-likeness (QED) is 0.315. The smallest absolute Gasteiger partial charge is 0.122 e. The number of unbranched alkanes of at least 4 members (excludes halogenated alkanes) is 7. The Balaban J connectivity index is 2.06. The van der Waals surface area contributed by atoms with Gasteiger partial charge in [-0.3, -0.25) is 0 Å². The monoisotopic (exact) mass is 376 g/mol. The Hall–Kier alpha value is -0.590. The summed E-state index contributed by atoms with van der Waals surface area (Å²) in [6, 6.07) is 0. The van der Waals surface area contributed by atoms with Crippen LogP contribution < -0.4 is 0 Å². The third kappa shape index (κ3) is 7.74. The highest BCUT2D eigenvalue weighted by molar-refractivity contribution is 5.34. The molecule has 2 aliphatic carbocycles. The molecule has 27 heavy (non-hydrogen) atoms. The van der Waals surface area contributed by atoms with Crippen molar-refractivity contribution in [3.05, 3.63) is 23.0 Å². The zero-order chi connectivity index (χ0) is 19.3. The van der Waals surface area contributed by atoms with E-state index in [0.717, 1.165) is 12.8 Å². The summed E-state index contributed by atoms with van der Waals surface area (Å²) in [5.74, 6) is 1.32. The molecule has 0 aromatic rings. The second-order valence-corrected chi connectivity index (χ2v) is 9.13. The average molecular weight is 377 g/mol. The minimum atomic E-state index is 0.163. The molecule has 0 amide bonds. The standard InChI is InChI=1S/C26H45F/c1-3-5-7-10-13-17-22-21-26(27)25(20-14-8-6-4-2)24-19-16-12-9-11-15-18-23(22)24/h21,23-24H,3-20H2,1-2H3. The summed E-state index contributed by atoms with van der Waals surface area (Å²) in [4.78, 5) is 0. The van der Waals surface area contributed by atoms with Crippen LogP contribution in [0.15, 0.2) is 23.0 Å². The van der Waals surface area contributed by atoms with Crippen LogP contribution in [0.3, 0.4) is 0 Å². The van der Waals surface area contributed by atoms with Crippen molar-refractivity contribution in [3.8, 4) is 0 Å². The summed E-state index contributed by atoms with van der Waals surface area (Å²) >= 11 is 0. The molecule has 1 saturated carbocycles. The summed E-state index contributed by atoms with van der Waals surface area (Å²) in [5, 5.41) is 0. The number of hydrogen-bond donors (Lipinski definition) is 0. The van der Waals surface area contributed by atoms with Crippen molar-refractivity contribution in [1.29, 1.82) is 0 Å². The van der Waals surface area contributed by atoms with Gasteiger partial charge in [-0.1, -0.05) is 96.5 Å². The zero-order valence-electron chi connectivity index (χ0n) is 18.3. The normalized spacial score (nSPS) is 24.0. The van der Waals surface area contributed by atoms with Crippen LogP contribution in [0.1, 0.15) is 129 Å². The lowest BCUT2D eigenvalue weighted by molar-refractivity contribution is 0.338. The first kappa shape index (κ1) is 22.7. The molecule has 0 saturated heterocycles. The molecule has 0 aliphatic heterocycles. The van der Waals surface area contributed by atoms with Crippen molar-refractivity contribution in [2.75, 3.05) is 0 Å². The summed E-state index contributed by atoms with van der Waals surface area (Å²) in [6.07, 6.45) is 25.0. The Morgan fingerprint density at radius 3 is 1.96 bits per heavy atom. The van der Waals surface area contributed by atoms with Gasteiger partial charge < -0.3 is 0 Å². The van der Waals surface area contributed by atoms with Gasteiger partial charge in [0, 0.05) is 0 Å². The minimum absolute atomic E-state index is 0.163. The van der Waals surface area contributed by atoms with E-state index in [-0.39, 0.29) is 5.83 Å². The number of fused-ring (bicyclic) bond motifs is 1. The number of halogens is 1. The van der Waals surface area contributed by atoms with Gasteiger partial charge in [0.05, 0.1) is 0 Å². The number of rotatable bonds is 11. The second kappa shape index (κ2) is 13.6. The molecule has 0 nitrogen and oxygen atoms in total. The average Bonchev–Trinajstić information content (AvgIpc) is 2.79. The summed E-state index contributed by atoms with van der Waals surface area (Å²) in [7, 11) is 0. The first-order valence-electron chi connectivity index (χ1n) is 12.4. The molecule has 2 atom stereocenters. The predicted octanol–water partition coefficient (Wildman–Crippen LogP) is 9.46. The second-order valence-electron chi connectivity index (χ2n) is 9.13. The SMILES string of the molecule is CCCCCCCC1=CC(F)=C(CCCCCC)C2CCCCCCCC12. The molecule has 0 spiro atoms. The van der Waals surface area contributed by atoms with Gasteiger partial charge in [-0.25, -0.2) is 4.39 Å². The lowest BCUT2D eigenvalue weighted by Crippen LogP contribution is -2.23. The fraction of sp³-hybridized carbons (Fsp3) is 0.846. The topological polar surface area (TPSA) is 0 Å². The zero-order valence-corrected chi connectivity index (χ0v) is 18.3.